The van der Waals surface area contributed by atoms with Crippen LogP contribution in [0.5, 0.6) is 17.4 Å². The molecule has 4 aromatic rings. The molecule has 156 valence electrons. The largest absolute Gasteiger partial charge is 0.480 e. The molecule has 1 amide bonds. The molecule has 0 spiro atoms. The van der Waals surface area contributed by atoms with Gasteiger partial charge >= 0.3 is 0 Å². The molecule has 0 bridgehead atoms. The Morgan fingerprint density at radius 2 is 1.65 bits per heavy atom. The number of carbonyl (C=O) groups excluding carboxylic acids is 1. The first-order valence-electron chi connectivity index (χ1n) is 8.98. The van der Waals surface area contributed by atoms with Crippen molar-refractivity contribution >= 4 is 22.5 Å². The normalized spacial score (nSPS) is 10.7. The van der Waals surface area contributed by atoms with Gasteiger partial charge in [0, 0.05) is 30.2 Å². The molecule has 0 fully saturated rings. The van der Waals surface area contributed by atoms with E-state index in [1.54, 1.807) is 6.07 Å². The zero-order valence-corrected chi connectivity index (χ0v) is 16.0. The minimum Gasteiger partial charge on any atom is -0.480 e. The Morgan fingerprint density at radius 1 is 0.935 bits per heavy atom. The second-order valence-electron chi connectivity index (χ2n) is 6.33. The van der Waals surface area contributed by atoms with Gasteiger partial charge in [-0.25, -0.2) is 18.2 Å². The molecule has 1 N–H and O–H groups in total. The summed E-state index contributed by atoms with van der Waals surface area (Å²) in [5.41, 5.74) is -0.000123. The lowest BCUT2D eigenvalue weighted by Crippen LogP contribution is -2.14. The fraction of sp³-hybridized carbons (Fsp3) is 0.0455. The highest BCUT2D eigenvalue weighted by Crippen LogP contribution is 2.36. The molecule has 31 heavy (non-hydrogen) atoms. The number of pyridine rings is 2. The van der Waals surface area contributed by atoms with Gasteiger partial charge in [-0.1, -0.05) is 12.1 Å². The standard InChI is InChI=1S/C22H14F3N3O3/c1-30-22-19-17(6-8-27-22)26-9-7-18(19)31-20-15(24)10-12(11-16(20)25)28-21(29)13-4-2-3-5-14(13)23/h2-11H,1H3,(H,28,29). The summed E-state index contributed by atoms with van der Waals surface area (Å²) in [5.74, 6) is -4.18. The first kappa shape index (κ1) is 20.1. The van der Waals surface area contributed by atoms with E-state index in [0.29, 0.717) is 10.9 Å². The van der Waals surface area contributed by atoms with E-state index in [2.05, 4.69) is 15.3 Å². The molecule has 0 aliphatic heterocycles. The van der Waals surface area contributed by atoms with E-state index in [-0.39, 0.29) is 22.9 Å². The van der Waals surface area contributed by atoms with E-state index < -0.39 is 29.1 Å². The Bertz CT molecular complexity index is 1270. The summed E-state index contributed by atoms with van der Waals surface area (Å²) in [6.45, 7) is 0. The number of nitrogens with one attached hydrogen (secondary N) is 1. The van der Waals surface area contributed by atoms with E-state index in [1.165, 1.54) is 43.8 Å². The van der Waals surface area contributed by atoms with Crippen LogP contribution in [0.25, 0.3) is 10.9 Å². The van der Waals surface area contributed by atoms with Crippen molar-refractivity contribution in [3.05, 3.63) is 83.9 Å². The van der Waals surface area contributed by atoms with Gasteiger partial charge in [-0.05, 0) is 24.3 Å². The van der Waals surface area contributed by atoms with Crippen LogP contribution in [-0.2, 0) is 0 Å². The first-order chi connectivity index (χ1) is 15.0. The highest BCUT2D eigenvalue weighted by Gasteiger charge is 2.19. The van der Waals surface area contributed by atoms with Crippen LogP contribution in [0, 0.1) is 17.5 Å². The van der Waals surface area contributed by atoms with Crippen molar-refractivity contribution < 1.29 is 27.4 Å². The zero-order valence-electron chi connectivity index (χ0n) is 16.0. The summed E-state index contributed by atoms with van der Waals surface area (Å²) < 4.78 is 53.7. The molecule has 4 rings (SSSR count). The number of anilines is 1. The Kier molecular flexibility index (Phi) is 5.40. The quantitative estimate of drug-likeness (QED) is 0.482. The van der Waals surface area contributed by atoms with Gasteiger partial charge in [0.05, 0.1) is 18.2 Å². The van der Waals surface area contributed by atoms with E-state index in [0.717, 1.165) is 18.2 Å². The second kappa shape index (κ2) is 8.31. The summed E-state index contributed by atoms with van der Waals surface area (Å²) in [5, 5.41) is 2.60. The summed E-state index contributed by atoms with van der Waals surface area (Å²) in [6.07, 6.45) is 2.89. The molecule has 9 heteroatoms. The average Bonchev–Trinajstić information content (AvgIpc) is 2.76. The van der Waals surface area contributed by atoms with Crippen molar-refractivity contribution in [3.8, 4) is 17.4 Å². The van der Waals surface area contributed by atoms with Gasteiger partial charge in [0.15, 0.2) is 17.4 Å². The predicted molar refractivity (Wildman–Crippen MR) is 107 cm³/mol. The minimum absolute atomic E-state index is 0.0795. The van der Waals surface area contributed by atoms with Gasteiger partial charge in [-0.2, -0.15) is 0 Å². The maximum absolute atomic E-state index is 14.7. The van der Waals surface area contributed by atoms with Crippen LogP contribution in [0.3, 0.4) is 0 Å². The molecule has 2 heterocycles. The zero-order chi connectivity index (χ0) is 22.0. The van der Waals surface area contributed by atoms with Gasteiger partial charge in [-0.3, -0.25) is 9.78 Å². The van der Waals surface area contributed by atoms with E-state index >= 15 is 0 Å². The molecule has 0 radical (unpaired) electrons. The number of halogens is 3. The van der Waals surface area contributed by atoms with Crippen LogP contribution < -0.4 is 14.8 Å². The Labute approximate surface area is 174 Å². The van der Waals surface area contributed by atoms with Crippen LogP contribution >= 0.6 is 0 Å². The molecule has 0 aliphatic rings. The van der Waals surface area contributed by atoms with Crippen LogP contribution in [0.4, 0.5) is 18.9 Å². The predicted octanol–water partition coefficient (Wildman–Crippen LogP) is 5.10. The summed E-state index contributed by atoms with van der Waals surface area (Å²) >= 11 is 0. The molecule has 0 saturated carbocycles. The Hall–Kier alpha value is -4.14. The Morgan fingerprint density at radius 3 is 2.35 bits per heavy atom. The van der Waals surface area contributed by atoms with Gasteiger partial charge in [-0.15, -0.1) is 0 Å². The fourth-order valence-electron chi connectivity index (χ4n) is 2.96. The highest BCUT2D eigenvalue weighted by atomic mass is 19.1. The lowest BCUT2D eigenvalue weighted by Gasteiger charge is -2.13. The van der Waals surface area contributed by atoms with Crippen molar-refractivity contribution in [2.75, 3.05) is 12.4 Å². The van der Waals surface area contributed by atoms with Crippen LogP contribution in [0.15, 0.2) is 60.9 Å². The average molecular weight is 425 g/mol. The lowest BCUT2D eigenvalue weighted by molar-refractivity contribution is 0.102. The first-order valence-corrected chi connectivity index (χ1v) is 8.98. The van der Waals surface area contributed by atoms with Gasteiger partial charge in [0.2, 0.25) is 5.88 Å². The van der Waals surface area contributed by atoms with Crippen molar-refractivity contribution in [1.82, 2.24) is 9.97 Å². The molecular weight excluding hydrogens is 411 g/mol. The summed E-state index contributed by atoms with van der Waals surface area (Å²) in [7, 11) is 1.40. The number of aromatic nitrogens is 2. The monoisotopic (exact) mass is 425 g/mol. The molecule has 2 aromatic heterocycles. The van der Waals surface area contributed by atoms with Crippen molar-refractivity contribution in [2.45, 2.75) is 0 Å². The minimum atomic E-state index is -1.07. The number of ether oxygens (including phenoxy) is 2. The third-order valence-corrected chi connectivity index (χ3v) is 4.36. The van der Waals surface area contributed by atoms with Crippen molar-refractivity contribution in [1.29, 1.82) is 0 Å². The van der Waals surface area contributed by atoms with Crippen LogP contribution in [0.2, 0.25) is 0 Å². The number of rotatable bonds is 5. The third kappa shape index (κ3) is 3.97. The van der Waals surface area contributed by atoms with Crippen molar-refractivity contribution in [3.63, 3.8) is 0 Å². The van der Waals surface area contributed by atoms with Gasteiger partial charge in [0.1, 0.15) is 17.0 Å². The van der Waals surface area contributed by atoms with E-state index in [9.17, 15) is 18.0 Å². The maximum atomic E-state index is 14.7. The van der Waals surface area contributed by atoms with Gasteiger partial charge < -0.3 is 14.8 Å². The highest BCUT2D eigenvalue weighted by molar-refractivity contribution is 6.04. The SMILES string of the molecule is COc1nccc2nccc(Oc3c(F)cc(NC(=O)c4ccccc4F)cc3F)c12. The molecule has 0 saturated heterocycles. The number of amides is 1. The molecule has 0 aliphatic carbocycles. The smallest absolute Gasteiger partial charge is 0.258 e. The Balaban J connectivity index is 1.65. The number of nitrogens with zero attached hydrogens (tertiary/aromatic N) is 2. The summed E-state index contributed by atoms with van der Waals surface area (Å²) in [4.78, 5) is 20.4. The number of hydrogen-bond acceptors (Lipinski definition) is 5. The van der Waals surface area contributed by atoms with Crippen molar-refractivity contribution in [2.24, 2.45) is 0 Å². The number of hydrogen-bond donors (Lipinski definition) is 1. The molecule has 2 aromatic carbocycles. The number of carbonyl (C=O) groups is 1. The lowest BCUT2D eigenvalue weighted by atomic mass is 10.2. The number of methoxy groups -OCH3 is 1. The molecule has 0 atom stereocenters. The molecular formula is C22H14F3N3O3. The van der Waals surface area contributed by atoms with E-state index in [4.69, 9.17) is 9.47 Å². The molecule has 0 unspecified atom stereocenters. The topological polar surface area (TPSA) is 73.3 Å². The third-order valence-electron chi connectivity index (χ3n) is 4.36. The fourth-order valence-corrected chi connectivity index (χ4v) is 2.96. The maximum Gasteiger partial charge on any atom is 0.258 e. The summed E-state index contributed by atoms with van der Waals surface area (Å²) in [6, 6.07) is 10.0. The van der Waals surface area contributed by atoms with Crippen LogP contribution in [-0.4, -0.2) is 23.0 Å². The second-order valence-corrected chi connectivity index (χ2v) is 6.33. The number of benzene rings is 2. The van der Waals surface area contributed by atoms with Crippen LogP contribution in [0.1, 0.15) is 10.4 Å². The molecule has 6 nitrogen and oxygen atoms in total. The van der Waals surface area contributed by atoms with Gasteiger partial charge in [0.25, 0.3) is 5.91 Å². The number of fused-ring (bicyclic) bond motifs is 1. The van der Waals surface area contributed by atoms with E-state index in [1.807, 2.05) is 0 Å².